The van der Waals surface area contributed by atoms with E-state index in [0.717, 1.165) is 7.11 Å². The van der Waals surface area contributed by atoms with Crippen molar-refractivity contribution >= 4 is 24.0 Å². The molecule has 0 heterocycles. The monoisotopic (exact) mass is 586 g/mol. The normalized spacial score (nSPS) is 13.9. The summed E-state index contributed by atoms with van der Waals surface area (Å²) in [7, 11) is 0.836. The molecule has 0 bridgehead atoms. The van der Waals surface area contributed by atoms with Crippen LogP contribution in [0.1, 0.15) is 5.56 Å². The molecule has 0 aromatic heterocycles. The molecule has 0 aliphatic rings. The van der Waals surface area contributed by atoms with Gasteiger partial charge in [0.2, 0.25) is 0 Å². The average molecular weight is 586 g/mol. The first-order valence-corrected chi connectivity index (χ1v) is 8.84. The minimum Gasteiger partial charge on any atom is -0.466 e. The van der Waals surface area contributed by atoms with E-state index in [9.17, 15) is 75.8 Å². The molecule has 0 spiro atoms. The van der Waals surface area contributed by atoms with Crippen LogP contribution in [0.5, 0.6) is 11.5 Å². The summed E-state index contributed by atoms with van der Waals surface area (Å²) in [6, 6.07) is 0.656. The average Bonchev–Trinajstić information content (AvgIpc) is 2.76. The van der Waals surface area contributed by atoms with Gasteiger partial charge in [-0.1, -0.05) is 6.07 Å². The van der Waals surface area contributed by atoms with Gasteiger partial charge in [0, 0.05) is 6.08 Å². The maximum Gasteiger partial charge on any atom is 0.460 e. The molecule has 214 valence electrons. The highest BCUT2D eigenvalue weighted by atomic mass is 19.4. The van der Waals surface area contributed by atoms with E-state index in [1.54, 1.807) is 0 Å². The fourth-order valence-electron chi connectivity index (χ4n) is 1.97. The van der Waals surface area contributed by atoms with Gasteiger partial charge in [-0.3, -0.25) is 0 Å². The molecular weight excluding hydrogens is 578 g/mol. The van der Waals surface area contributed by atoms with Crippen molar-refractivity contribution in [2.75, 3.05) is 7.11 Å². The number of carbonyl (C=O) groups excluding carboxylic acids is 3. The lowest BCUT2D eigenvalue weighted by Crippen LogP contribution is -2.57. The van der Waals surface area contributed by atoms with Crippen molar-refractivity contribution in [3.63, 3.8) is 0 Å². The van der Waals surface area contributed by atoms with Gasteiger partial charge in [0.05, 0.1) is 7.11 Å². The SMILES string of the molecule is COC(=O)/C=C/c1ccc(OC(=O)C(F)(F)C(F)(F)C(F)(F)F)c(OC(=O)C(F)(F)C(F)(F)C(F)(F)F)c1. The zero-order chi connectivity index (χ0) is 30.1. The minimum atomic E-state index is -7.11. The number of halogens is 14. The Bertz CT molecular complexity index is 1100. The Morgan fingerprint density at radius 3 is 1.42 bits per heavy atom. The van der Waals surface area contributed by atoms with Crippen LogP contribution in [0.2, 0.25) is 0 Å². The number of ether oxygens (including phenoxy) is 3. The van der Waals surface area contributed by atoms with Crippen LogP contribution in [-0.4, -0.2) is 61.1 Å². The van der Waals surface area contributed by atoms with E-state index in [4.69, 9.17) is 0 Å². The summed E-state index contributed by atoms with van der Waals surface area (Å²) in [5.41, 5.74) is -0.587. The van der Waals surface area contributed by atoms with Gasteiger partial charge in [0.1, 0.15) is 0 Å². The van der Waals surface area contributed by atoms with E-state index < -0.39 is 71.0 Å². The van der Waals surface area contributed by atoms with Crippen molar-refractivity contribution in [2.45, 2.75) is 36.0 Å². The molecule has 1 aromatic rings. The molecule has 0 aliphatic heterocycles. The lowest BCUT2D eigenvalue weighted by atomic mass is 10.1. The van der Waals surface area contributed by atoms with Crippen LogP contribution >= 0.6 is 0 Å². The Hall–Kier alpha value is -3.61. The zero-order valence-electron chi connectivity index (χ0n) is 17.6. The highest BCUT2D eigenvalue weighted by molar-refractivity contribution is 5.88. The van der Waals surface area contributed by atoms with Crippen LogP contribution in [0, 0.1) is 0 Å². The van der Waals surface area contributed by atoms with Gasteiger partial charge in [-0.2, -0.15) is 61.5 Å². The second-order valence-electron chi connectivity index (χ2n) is 6.63. The summed E-state index contributed by atoms with van der Waals surface area (Å²) < 4.78 is 191. The Balaban J connectivity index is 3.57. The Morgan fingerprint density at radius 2 is 1.05 bits per heavy atom. The number of hydrogen-bond donors (Lipinski definition) is 0. The molecule has 38 heavy (non-hydrogen) atoms. The van der Waals surface area contributed by atoms with Gasteiger partial charge >= 0.3 is 54.0 Å². The predicted octanol–water partition coefficient (Wildman–Crippen LogP) is 5.35. The molecule has 1 rings (SSSR count). The largest absolute Gasteiger partial charge is 0.466 e. The van der Waals surface area contributed by atoms with E-state index in [0.29, 0.717) is 18.2 Å². The summed E-state index contributed by atoms with van der Waals surface area (Å²) in [6.07, 6.45) is -13.0. The highest BCUT2D eigenvalue weighted by Gasteiger charge is 2.78. The molecule has 0 saturated heterocycles. The number of methoxy groups -OCH3 is 1. The summed E-state index contributed by atoms with van der Waals surface area (Å²) in [6.45, 7) is 0. The molecule has 20 heteroatoms. The van der Waals surface area contributed by atoms with Crippen molar-refractivity contribution in [2.24, 2.45) is 0 Å². The molecule has 6 nitrogen and oxygen atoms in total. The number of carbonyl (C=O) groups is 3. The quantitative estimate of drug-likeness (QED) is 0.177. The molecule has 0 fully saturated rings. The van der Waals surface area contributed by atoms with E-state index >= 15 is 0 Å². The van der Waals surface area contributed by atoms with Crippen molar-refractivity contribution in [3.05, 3.63) is 29.8 Å². The van der Waals surface area contributed by atoms with Crippen molar-refractivity contribution in [1.82, 2.24) is 0 Å². The van der Waals surface area contributed by atoms with Gasteiger partial charge < -0.3 is 14.2 Å². The lowest BCUT2D eigenvalue weighted by Gasteiger charge is -2.27. The highest BCUT2D eigenvalue weighted by Crippen LogP contribution is 2.49. The maximum absolute atomic E-state index is 13.6. The third-order valence-corrected chi connectivity index (χ3v) is 4.00. The molecule has 1 aromatic carbocycles. The van der Waals surface area contributed by atoms with E-state index in [1.165, 1.54) is 0 Å². The summed E-state index contributed by atoms with van der Waals surface area (Å²) in [4.78, 5) is 34.0. The first kappa shape index (κ1) is 32.4. The van der Waals surface area contributed by atoms with E-state index in [1.807, 2.05) is 0 Å². The molecule has 0 N–H and O–H groups in total. The standard InChI is InChI=1S/C18H8F14O6/c1-36-10(33)5-3-7-2-4-8(37-11(34)13(19,20)15(23,24)17(27,28)29)9(6-7)38-12(35)14(21,22)16(25,26)18(30,31)32/h2-6H,1H3/b5-3+. The first-order valence-electron chi connectivity index (χ1n) is 8.84. The minimum absolute atomic E-state index is 0.0688. The number of hydrogen-bond acceptors (Lipinski definition) is 6. The second-order valence-corrected chi connectivity index (χ2v) is 6.63. The van der Waals surface area contributed by atoms with Crippen LogP contribution in [-0.2, 0) is 19.1 Å². The zero-order valence-corrected chi connectivity index (χ0v) is 17.6. The third kappa shape index (κ3) is 6.09. The fraction of sp³-hybridized carbons (Fsp3) is 0.389. The Labute approximate surface area is 199 Å². The number of alkyl halides is 14. The van der Waals surface area contributed by atoms with Gasteiger partial charge in [-0.15, -0.1) is 0 Å². The molecule has 0 aliphatic carbocycles. The van der Waals surface area contributed by atoms with Gasteiger partial charge in [0.15, 0.2) is 11.5 Å². The first-order chi connectivity index (χ1) is 16.8. The van der Waals surface area contributed by atoms with Crippen molar-refractivity contribution in [1.29, 1.82) is 0 Å². The van der Waals surface area contributed by atoms with E-state index in [-0.39, 0.29) is 12.1 Å². The Kier molecular flexibility index (Phi) is 8.77. The van der Waals surface area contributed by atoms with Crippen LogP contribution in [0.4, 0.5) is 61.5 Å². The molecule has 0 radical (unpaired) electrons. The van der Waals surface area contributed by atoms with Crippen LogP contribution in [0.15, 0.2) is 24.3 Å². The van der Waals surface area contributed by atoms with Gasteiger partial charge in [0.25, 0.3) is 0 Å². The van der Waals surface area contributed by atoms with Crippen LogP contribution in [0.3, 0.4) is 0 Å². The molecule has 0 atom stereocenters. The van der Waals surface area contributed by atoms with Crippen molar-refractivity contribution in [3.8, 4) is 11.5 Å². The smallest absolute Gasteiger partial charge is 0.460 e. The van der Waals surface area contributed by atoms with Gasteiger partial charge in [-0.05, 0) is 23.8 Å². The lowest BCUT2D eigenvalue weighted by molar-refractivity contribution is -0.347. The summed E-state index contributed by atoms with van der Waals surface area (Å²) in [5, 5.41) is 0. The number of benzene rings is 1. The number of esters is 3. The third-order valence-electron chi connectivity index (χ3n) is 4.00. The summed E-state index contributed by atoms with van der Waals surface area (Å²) in [5.74, 6) is -40.2. The molecule has 0 saturated carbocycles. The maximum atomic E-state index is 13.6. The van der Waals surface area contributed by atoms with Crippen LogP contribution < -0.4 is 9.47 Å². The van der Waals surface area contributed by atoms with Gasteiger partial charge in [-0.25, -0.2) is 14.4 Å². The summed E-state index contributed by atoms with van der Waals surface area (Å²) >= 11 is 0. The van der Waals surface area contributed by atoms with Crippen molar-refractivity contribution < 1.29 is 90.1 Å². The number of rotatable bonds is 8. The Morgan fingerprint density at radius 1 is 0.658 bits per heavy atom. The fourth-order valence-corrected chi connectivity index (χ4v) is 1.97. The second kappa shape index (κ2) is 10.3. The molecular formula is C18H8F14O6. The molecule has 0 amide bonds. The predicted molar refractivity (Wildman–Crippen MR) is 90.7 cm³/mol. The molecule has 0 unspecified atom stereocenters. The van der Waals surface area contributed by atoms with Crippen LogP contribution in [0.25, 0.3) is 6.08 Å². The topological polar surface area (TPSA) is 78.9 Å². The van der Waals surface area contributed by atoms with E-state index in [2.05, 4.69) is 14.2 Å².